The summed E-state index contributed by atoms with van der Waals surface area (Å²) >= 11 is 5.94. The zero-order valence-corrected chi connectivity index (χ0v) is 8.98. The first-order valence-corrected chi connectivity index (χ1v) is 4.58. The number of hydrogen-bond donors (Lipinski definition) is 2. The molecule has 0 atom stereocenters. The lowest BCUT2D eigenvalue weighted by Crippen LogP contribution is -2.13. The first-order valence-electron chi connectivity index (χ1n) is 4.20. The Morgan fingerprint density at radius 2 is 2.21 bits per heavy atom. The van der Waals surface area contributed by atoms with Gasteiger partial charge in [-0.3, -0.25) is 5.41 Å². The van der Waals surface area contributed by atoms with Crippen molar-refractivity contribution in [3.63, 3.8) is 0 Å². The van der Waals surface area contributed by atoms with Gasteiger partial charge in [0, 0.05) is 17.0 Å². The molecule has 0 fully saturated rings. The summed E-state index contributed by atoms with van der Waals surface area (Å²) < 4.78 is 5.15. The standard InChI is InChI=1S/C10H13ClN2O/c1-6-3-7(4-10(12)13)9(14-2)5-8(6)11/h3,5H,4H2,1-2H3,(H3,12,13). The minimum absolute atomic E-state index is 0.116. The normalized spacial score (nSPS) is 9.93. The predicted octanol–water partition coefficient (Wildman–Crippen LogP) is 2.14. The third-order valence-electron chi connectivity index (χ3n) is 1.94. The van der Waals surface area contributed by atoms with Crippen molar-refractivity contribution in [3.8, 4) is 5.75 Å². The Labute approximate surface area is 88.3 Å². The monoisotopic (exact) mass is 212 g/mol. The molecule has 1 aromatic rings. The van der Waals surface area contributed by atoms with Crippen molar-refractivity contribution in [2.75, 3.05) is 7.11 Å². The van der Waals surface area contributed by atoms with Crippen LogP contribution in [-0.4, -0.2) is 12.9 Å². The molecular formula is C10H13ClN2O. The number of methoxy groups -OCH3 is 1. The largest absolute Gasteiger partial charge is 0.496 e. The van der Waals surface area contributed by atoms with Gasteiger partial charge in [-0.2, -0.15) is 0 Å². The molecule has 0 amide bonds. The van der Waals surface area contributed by atoms with E-state index in [2.05, 4.69) is 0 Å². The van der Waals surface area contributed by atoms with E-state index in [1.807, 2.05) is 13.0 Å². The second kappa shape index (κ2) is 4.33. The molecule has 3 N–H and O–H groups in total. The molecule has 0 aliphatic carbocycles. The first-order chi connectivity index (χ1) is 6.54. The number of nitrogens with one attached hydrogen (secondary N) is 1. The van der Waals surface area contributed by atoms with Crippen LogP contribution >= 0.6 is 11.6 Å². The number of nitrogens with two attached hydrogens (primary N) is 1. The van der Waals surface area contributed by atoms with E-state index in [0.717, 1.165) is 11.1 Å². The van der Waals surface area contributed by atoms with Crippen molar-refractivity contribution in [1.82, 2.24) is 0 Å². The van der Waals surface area contributed by atoms with E-state index in [-0.39, 0.29) is 5.84 Å². The number of benzene rings is 1. The van der Waals surface area contributed by atoms with Crippen LogP contribution in [0.1, 0.15) is 11.1 Å². The Bertz CT molecular complexity index is 363. The number of halogens is 1. The molecule has 1 rings (SSSR count). The predicted molar refractivity (Wildman–Crippen MR) is 58.4 cm³/mol. The van der Waals surface area contributed by atoms with Crippen LogP contribution in [0.25, 0.3) is 0 Å². The first kappa shape index (κ1) is 10.9. The van der Waals surface area contributed by atoms with Crippen LogP contribution in [0.3, 0.4) is 0 Å². The van der Waals surface area contributed by atoms with Crippen molar-refractivity contribution in [1.29, 1.82) is 5.41 Å². The van der Waals surface area contributed by atoms with Crippen LogP contribution in [0.2, 0.25) is 5.02 Å². The number of rotatable bonds is 3. The van der Waals surface area contributed by atoms with Crippen LogP contribution in [0.4, 0.5) is 0 Å². The molecule has 0 aromatic heterocycles. The third-order valence-corrected chi connectivity index (χ3v) is 2.35. The van der Waals surface area contributed by atoms with Gasteiger partial charge in [0.1, 0.15) is 5.75 Å². The van der Waals surface area contributed by atoms with Gasteiger partial charge in [0.2, 0.25) is 0 Å². The van der Waals surface area contributed by atoms with Gasteiger partial charge < -0.3 is 10.5 Å². The Morgan fingerprint density at radius 1 is 1.57 bits per heavy atom. The van der Waals surface area contributed by atoms with E-state index < -0.39 is 0 Å². The Kier molecular flexibility index (Phi) is 3.36. The van der Waals surface area contributed by atoms with E-state index in [0.29, 0.717) is 17.2 Å². The van der Waals surface area contributed by atoms with Crippen LogP contribution in [0.15, 0.2) is 12.1 Å². The van der Waals surface area contributed by atoms with E-state index in [9.17, 15) is 0 Å². The number of amidine groups is 1. The Morgan fingerprint density at radius 3 is 2.71 bits per heavy atom. The molecule has 0 aliphatic rings. The highest BCUT2D eigenvalue weighted by Crippen LogP contribution is 2.26. The molecule has 76 valence electrons. The van der Waals surface area contributed by atoms with E-state index in [1.54, 1.807) is 13.2 Å². The van der Waals surface area contributed by atoms with Crippen LogP contribution in [0, 0.1) is 12.3 Å². The quantitative estimate of drug-likeness (QED) is 0.596. The lowest BCUT2D eigenvalue weighted by atomic mass is 10.1. The lowest BCUT2D eigenvalue weighted by Gasteiger charge is -2.10. The summed E-state index contributed by atoms with van der Waals surface area (Å²) in [5.74, 6) is 0.792. The number of ether oxygens (including phenoxy) is 1. The highest BCUT2D eigenvalue weighted by molar-refractivity contribution is 6.31. The summed E-state index contributed by atoms with van der Waals surface area (Å²) in [7, 11) is 1.57. The molecule has 3 nitrogen and oxygen atoms in total. The van der Waals surface area contributed by atoms with Gasteiger partial charge in [-0.15, -0.1) is 0 Å². The number of aryl methyl sites for hydroxylation is 1. The minimum Gasteiger partial charge on any atom is -0.496 e. The highest BCUT2D eigenvalue weighted by atomic mass is 35.5. The zero-order chi connectivity index (χ0) is 10.7. The smallest absolute Gasteiger partial charge is 0.124 e. The summed E-state index contributed by atoms with van der Waals surface area (Å²) in [6, 6.07) is 3.64. The molecule has 14 heavy (non-hydrogen) atoms. The summed E-state index contributed by atoms with van der Waals surface area (Å²) in [6.07, 6.45) is 0.390. The molecule has 0 aliphatic heterocycles. The van der Waals surface area contributed by atoms with Gasteiger partial charge in [-0.25, -0.2) is 0 Å². The third kappa shape index (κ3) is 2.39. The van der Waals surface area contributed by atoms with Crippen molar-refractivity contribution >= 4 is 17.4 Å². The lowest BCUT2D eigenvalue weighted by molar-refractivity contribution is 0.411. The molecule has 0 heterocycles. The molecule has 0 saturated carbocycles. The molecule has 4 heteroatoms. The summed E-state index contributed by atoms with van der Waals surface area (Å²) in [4.78, 5) is 0. The highest BCUT2D eigenvalue weighted by Gasteiger charge is 2.07. The molecule has 0 radical (unpaired) electrons. The maximum atomic E-state index is 7.22. The maximum Gasteiger partial charge on any atom is 0.124 e. The summed E-state index contributed by atoms with van der Waals surface area (Å²) in [5, 5.41) is 7.88. The Hall–Kier alpha value is -1.22. The Balaban J connectivity index is 3.13. The van der Waals surface area contributed by atoms with Gasteiger partial charge in [0.25, 0.3) is 0 Å². The molecule has 0 saturated heterocycles. The minimum atomic E-state index is 0.116. The fourth-order valence-electron chi connectivity index (χ4n) is 1.26. The molecule has 0 spiro atoms. The molecular weight excluding hydrogens is 200 g/mol. The van der Waals surface area contributed by atoms with Gasteiger partial charge in [-0.05, 0) is 18.6 Å². The van der Waals surface area contributed by atoms with Crippen LogP contribution in [0.5, 0.6) is 5.75 Å². The number of hydrogen-bond acceptors (Lipinski definition) is 2. The average molecular weight is 213 g/mol. The van der Waals surface area contributed by atoms with E-state index in [1.165, 1.54) is 0 Å². The van der Waals surface area contributed by atoms with Crippen molar-refractivity contribution in [2.45, 2.75) is 13.3 Å². The van der Waals surface area contributed by atoms with Gasteiger partial charge in [0.05, 0.1) is 12.9 Å². The van der Waals surface area contributed by atoms with E-state index in [4.69, 9.17) is 27.5 Å². The van der Waals surface area contributed by atoms with Crippen LogP contribution < -0.4 is 10.5 Å². The average Bonchev–Trinajstić information content (AvgIpc) is 2.10. The SMILES string of the molecule is COc1cc(Cl)c(C)cc1CC(=N)N. The van der Waals surface area contributed by atoms with Gasteiger partial charge >= 0.3 is 0 Å². The van der Waals surface area contributed by atoms with Crippen molar-refractivity contribution in [2.24, 2.45) is 5.73 Å². The van der Waals surface area contributed by atoms with Gasteiger partial charge in [-0.1, -0.05) is 17.7 Å². The molecule has 0 bridgehead atoms. The van der Waals surface area contributed by atoms with E-state index >= 15 is 0 Å². The molecule has 0 unspecified atom stereocenters. The summed E-state index contributed by atoms with van der Waals surface area (Å²) in [6.45, 7) is 1.91. The van der Waals surface area contributed by atoms with Crippen molar-refractivity contribution < 1.29 is 4.74 Å². The summed E-state index contributed by atoms with van der Waals surface area (Å²) in [5.41, 5.74) is 7.18. The topological polar surface area (TPSA) is 59.1 Å². The second-order valence-electron chi connectivity index (χ2n) is 3.12. The fourth-order valence-corrected chi connectivity index (χ4v) is 1.41. The van der Waals surface area contributed by atoms with Gasteiger partial charge in [0.15, 0.2) is 0 Å². The second-order valence-corrected chi connectivity index (χ2v) is 3.52. The zero-order valence-electron chi connectivity index (χ0n) is 8.23. The fraction of sp³-hybridized carbons (Fsp3) is 0.300. The van der Waals surface area contributed by atoms with Crippen LogP contribution in [-0.2, 0) is 6.42 Å². The van der Waals surface area contributed by atoms with Crippen molar-refractivity contribution in [3.05, 3.63) is 28.3 Å². The molecule has 1 aromatic carbocycles. The maximum absolute atomic E-state index is 7.22.